The topological polar surface area (TPSA) is 49.8 Å². The van der Waals surface area contributed by atoms with Gasteiger partial charge in [-0.3, -0.25) is 4.79 Å². The monoisotopic (exact) mass is 331 g/mol. The molecule has 0 fully saturated rings. The molecule has 0 aliphatic carbocycles. The molecule has 0 aliphatic heterocycles. The van der Waals surface area contributed by atoms with Gasteiger partial charge in [0.25, 0.3) is 0 Å². The van der Waals surface area contributed by atoms with Gasteiger partial charge in [0.05, 0.1) is 15.5 Å². The Morgan fingerprint density at radius 1 is 1.61 bits per heavy atom. The third-order valence-corrected chi connectivity index (χ3v) is 3.42. The van der Waals surface area contributed by atoms with E-state index in [-0.39, 0.29) is 18.3 Å². The van der Waals surface area contributed by atoms with Gasteiger partial charge in [0.1, 0.15) is 12.4 Å². The fraction of sp³-hybridized carbons (Fsp3) is 0.273. The van der Waals surface area contributed by atoms with Crippen LogP contribution in [0, 0.1) is 10.6 Å². The normalized spacial score (nSPS) is 10.8. The second-order valence-electron chi connectivity index (χ2n) is 3.75. The van der Waals surface area contributed by atoms with Crippen LogP contribution in [0.2, 0.25) is 0 Å². The number of aromatic amines is 1. The molecule has 0 saturated heterocycles. The van der Waals surface area contributed by atoms with Gasteiger partial charge in [-0.15, -0.1) is 0 Å². The lowest BCUT2D eigenvalue weighted by atomic mass is 10.3. The number of hydrogen-bond acceptors (Lipinski definition) is 2. The van der Waals surface area contributed by atoms with Gasteiger partial charge < -0.3 is 14.9 Å². The molecule has 2 rings (SSSR count). The van der Waals surface area contributed by atoms with Gasteiger partial charge in [-0.1, -0.05) is 0 Å². The second-order valence-corrected chi connectivity index (χ2v) is 4.99. The summed E-state index contributed by atoms with van der Waals surface area (Å²) in [4.78, 5) is 14.5. The molecule has 18 heavy (non-hydrogen) atoms. The van der Waals surface area contributed by atoms with Crippen LogP contribution in [0.1, 0.15) is 6.92 Å². The van der Waals surface area contributed by atoms with Gasteiger partial charge in [0, 0.05) is 12.6 Å². The smallest absolute Gasteiger partial charge is 0.240 e. The zero-order chi connectivity index (χ0) is 13.3. The van der Waals surface area contributed by atoms with Crippen molar-refractivity contribution in [1.82, 2.24) is 14.9 Å². The summed E-state index contributed by atoms with van der Waals surface area (Å²) in [6, 6.07) is 2.96. The maximum absolute atomic E-state index is 13.4. The van der Waals surface area contributed by atoms with E-state index in [1.807, 2.05) is 6.92 Å². The number of amides is 1. The molecule has 1 aromatic carbocycles. The Hall–Kier alpha value is -1.21. The standard InChI is InChI=1S/C11H11BrFN3OS/c1-2-14-10(17)5-16-9-3-6(12)7(13)4-8(9)15-11(16)18/h3-4H,2,5H2,1H3,(H,14,17)(H,15,18). The van der Waals surface area contributed by atoms with Crippen molar-refractivity contribution in [2.24, 2.45) is 0 Å². The summed E-state index contributed by atoms with van der Waals surface area (Å²) in [6.07, 6.45) is 0. The zero-order valence-electron chi connectivity index (χ0n) is 9.59. The number of hydrogen-bond donors (Lipinski definition) is 2. The van der Waals surface area contributed by atoms with Crippen LogP contribution in [-0.4, -0.2) is 22.0 Å². The number of imidazole rings is 1. The number of likely N-dealkylation sites (N-methyl/N-ethyl adjacent to an activating group) is 1. The average Bonchev–Trinajstić information content (AvgIpc) is 2.57. The highest BCUT2D eigenvalue weighted by molar-refractivity contribution is 9.10. The lowest BCUT2D eigenvalue weighted by Crippen LogP contribution is -2.27. The Balaban J connectivity index is 2.50. The summed E-state index contributed by atoms with van der Waals surface area (Å²) in [5, 5.41) is 2.70. The number of H-pyrrole nitrogens is 1. The summed E-state index contributed by atoms with van der Waals surface area (Å²) in [5.74, 6) is -0.501. The molecule has 2 N–H and O–H groups in total. The number of nitrogens with one attached hydrogen (secondary N) is 2. The van der Waals surface area contributed by atoms with Crippen molar-refractivity contribution in [3.8, 4) is 0 Å². The second kappa shape index (κ2) is 5.19. The van der Waals surface area contributed by atoms with Crippen molar-refractivity contribution in [2.75, 3.05) is 6.54 Å². The quantitative estimate of drug-likeness (QED) is 0.849. The first-order valence-corrected chi connectivity index (χ1v) is 6.57. The minimum atomic E-state index is -0.371. The summed E-state index contributed by atoms with van der Waals surface area (Å²) in [7, 11) is 0. The van der Waals surface area contributed by atoms with Gasteiger partial charge in [-0.2, -0.15) is 0 Å². The van der Waals surface area contributed by atoms with E-state index in [2.05, 4.69) is 26.2 Å². The van der Waals surface area contributed by atoms with Crippen LogP contribution < -0.4 is 5.32 Å². The molecule has 0 atom stereocenters. The molecule has 0 unspecified atom stereocenters. The summed E-state index contributed by atoms with van der Waals surface area (Å²) in [5.41, 5.74) is 1.27. The molecular formula is C11H11BrFN3OS. The molecule has 2 aromatic rings. The molecule has 0 saturated carbocycles. The van der Waals surface area contributed by atoms with Gasteiger partial charge in [0.2, 0.25) is 5.91 Å². The van der Waals surface area contributed by atoms with Crippen LogP contribution in [0.5, 0.6) is 0 Å². The molecule has 1 aromatic heterocycles. The van der Waals surface area contributed by atoms with E-state index in [0.29, 0.717) is 26.8 Å². The number of carbonyl (C=O) groups is 1. The van der Waals surface area contributed by atoms with Crippen molar-refractivity contribution in [1.29, 1.82) is 0 Å². The summed E-state index contributed by atoms with van der Waals surface area (Å²) >= 11 is 8.25. The molecule has 0 aliphatic rings. The van der Waals surface area contributed by atoms with Crippen molar-refractivity contribution in [3.05, 3.63) is 27.2 Å². The van der Waals surface area contributed by atoms with Gasteiger partial charge in [0.15, 0.2) is 4.77 Å². The fourth-order valence-corrected chi connectivity index (χ4v) is 2.31. The van der Waals surface area contributed by atoms with E-state index in [1.165, 1.54) is 6.07 Å². The Bertz CT molecular complexity index is 664. The van der Waals surface area contributed by atoms with Crippen LogP contribution in [0.4, 0.5) is 4.39 Å². The minimum absolute atomic E-state index is 0.116. The summed E-state index contributed by atoms with van der Waals surface area (Å²) < 4.78 is 15.8. The number of benzene rings is 1. The van der Waals surface area contributed by atoms with Crippen LogP contribution >= 0.6 is 28.1 Å². The molecule has 4 nitrogen and oxygen atoms in total. The number of aromatic nitrogens is 2. The minimum Gasteiger partial charge on any atom is -0.355 e. The largest absolute Gasteiger partial charge is 0.355 e. The number of rotatable bonds is 3. The molecule has 7 heteroatoms. The molecule has 1 amide bonds. The lowest BCUT2D eigenvalue weighted by Gasteiger charge is -2.05. The first-order valence-electron chi connectivity index (χ1n) is 5.37. The molecule has 0 spiro atoms. The zero-order valence-corrected chi connectivity index (χ0v) is 12.0. The summed E-state index contributed by atoms with van der Waals surface area (Å²) in [6.45, 7) is 2.52. The Kier molecular flexibility index (Phi) is 3.82. The van der Waals surface area contributed by atoms with Crippen molar-refractivity contribution in [3.63, 3.8) is 0 Å². The first-order chi connectivity index (χ1) is 8.52. The molecule has 0 bridgehead atoms. The van der Waals surface area contributed by atoms with Crippen molar-refractivity contribution < 1.29 is 9.18 Å². The Labute approximate surface area is 116 Å². The molecule has 0 radical (unpaired) electrons. The maximum atomic E-state index is 13.4. The maximum Gasteiger partial charge on any atom is 0.240 e. The fourth-order valence-electron chi connectivity index (χ4n) is 1.71. The SMILES string of the molecule is CCNC(=O)Cn1c(=S)[nH]c2cc(F)c(Br)cc21. The third kappa shape index (κ3) is 2.46. The number of fused-ring (bicyclic) bond motifs is 1. The van der Waals surface area contributed by atoms with Crippen LogP contribution in [0.25, 0.3) is 11.0 Å². The van der Waals surface area contributed by atoms with Gasteiger partial charge in [-0.05, 0) is 41.1 Å². The Morgan fingerprint density at radius 2 is 2.33 bits per heavy atom. The van der Waals surface area contributed by atoms with Crippen LogP contribution in [-0.2, 0) is 11.3 Å². The van der Waals surface area contributed by atoms with Gasteiger partial charge in [-0.25, -0.2) is 4.39 Å². The number of halogens is 2. The van der Waals surface area contributed by atoms with Crippen LogP contribution in [0.15, 0.2) is 16.6 Å². The lowest BCUT2D eigenvalue weighted by molar-refractivity contribution is -0.121. The van der Waals surface area contributed by atoms with E-state index >= 15 is 0 Å². The highest BCUT2D eigenvalue weighted by Crippen LogP contribution is 2.23. The van der Waals surface area contributed by atoms with E-state index in [1.54, 1.807) is 10.6 Å². The third-order valence-electron chi connectivity index (χ3n) is 2.49. The van der Waals surface area contributed by atoms with E-state index in [4.69, 9.17) is 12.2 Å². The Morgan fingerprint density at radius 3 is 3.00 bits per heavy atom. The number of nitrogens with zero attached hydrogens (tertiary/aromatic N) is 1. The van der Waals surface area contributed by atoms with E-state index in [0.717, 1.165) is 0 Å². The first kappa shape index (κ1) is 13.2. The predicted molar refractivity (Wildman–Crippen MR) is 73.5 cm³/mol. The van der Waals surface area contributed by atoms with E-state index < -0.39 is 0 Å². The number of carbonyl (C=O) groups excluding carboxylic acids is 1. The molecule has 1 heterocycles. The predicted octanol–water partition coefficient (Wildman–Crippen LogP) is 2.74. The molecule has 96 valence electrons. The highest BCUT2D eigenvalue weighted by atomic mass is 79.9. The van der Waals surface area contributed by atoms with Crippen molar-refractivity contribution in [2.45, 2.75) is 13.5 Å². The van der Waals surface area contributed by atoms with Gasteiger partial charge >= 0.3 is 0 Å². The van der Waals surface area contributed by atoms with E-state index in [9.17, 15) is 9.18 Å². The average molecular weight is 332 g/mol. The van der Waals surface area contributed by atoms with Crippen molar-refractivity contribution >= 4 is 45.1 Å². The highest BCUT2D eigenvalue weighted by Gasteiger charge is 2.11. The van der Waals surface area contributed by atoms with Crippen LogP contribution in [0.3, 0.4) is 0 Å². The molecular weight excluding hydrogens is 321 g/mol.